The summed E-state index contributed by atoms with van der Waals surface area (Å²) < 4.78 is 0. The number of aliphatic imine (C=N–C) groups is 1. The van der Waals surface area contributed by atoms with Gasteiger partial charge in [0.25, 0.3) is 0 Å². The molecule has 3 nitrogen and oxygen atoms in total. The number of allylic oxidation sites excluding steroid dienone is 1. The maximum atomic E-state index is 4.57. The molecular weight excluding hydrogens is 174 g/mol. The zero-order chi connectivity index (χ0) is 9.97. The Bertz CT molecular complexity index is 260. The van der Waals surface area contributed by atoms with E-state index in [2.05, 4.69) is 22.1 Å². The van der Waals surface area contributed by atoms with E-state index in [0.717, 1.165) is 18.2 Å². The van der Waals surface area contributed by atoms with E-state index < -0.39 is 0 Å². The lowest BCUT2D eigenvalue weighted by Gasteiger charge is -2.33. The lowest BCUT2D eigenvalue weighted by molar-refractivity contribution is 0.277. The van der Waals surface area contributed by atoms with Crippen LogP contribution in [0.5, 0.6) is 0 Å². The molecule has 0 aromatic carbocycles. The first-order valence-electron chi connectivity index (χ1n) is 5.48. The molecule has 0 aromatic rings. The van der Waals surface area contributed by atoms with Gasteiger partial charge in [-0.05, 0) is 25.7 Å². The third-order valence-electron chi connectivity index (χ3n) is 3.03. The van der Waals surface area contributed by atoms with Crippen molar-refractivity contribution in [2.45, 2.75) is 26.7 Å². The first kappa shape index (κ1) is 9.56. The van der Waals surface area contributed by atoms with Crippen molar-refractivity contribution in [3.8, 4) is 0 Å². The van der Waals surface area contributed by atoms with Crippen molar-refractivity contribution >= 4 is 5.84 Å². The van der Waals surface area contributed by atoms with Gasteiger partial charge in [0, 0.05) is 19.3 Å². The van der Waals surface area contributed by atoms with Gasteiger partial charge >= 0.3 is 0 Å². The van der Waals surface area contributed by atoms with Gasteiger partial charge in [-0.15, -0.1) is 0 Å². The highest BCUT2D eigenvalue weighted by molar-refractivity contribution is 5.86. The predicted molar refractivity (Wildman–Crippen MR) is 59.2 cm³/mol. The van der Waals surface area contributed by atoms with Crippen LogP contribution in [0.25, 0.3) is 0 Å². The second-order valence-electron chi connectivity index (χ2n) is 4.36. The molecule has 78 valence electrons. The molecular formula is C11H19N3. The normalized spacial score (nSPS) is 24.0. The number of nitrogens with zero attached hydrogens (tertiary/aromatic N) is 2. The van der Waals surface area contributed by atoms with Crippen LogP contribution >= 0.6 is 0 Å². The van der Waals surface area contributed by atoms with E-state index in [4.69, 9.17) is 0 Å². The molecule has 0 amide bonds. The first-order valence-corrected chi connectivity index (χ1v) is 5.48. The van der Waals surface area contributed by atoms with Crippen molar-refractivity contribution in [1.82, 2.24) is 10.2 Å². The Balaban J connectivity index is 1.98. The number of likely N-dealkylation sites (tertiary alicyclic amines) is 1. The lowest BCUT2D eigenvalue weighted by Crippen LogP contribution is -2.43. The van der Waals surface area contributed by atoms with Crippen LogP contribution in [-0.4, -0.2) is 30.4 Å². The summed E-state index contributed by atoms with van der Waals surface area (Å²) in [4.78, 5) is 6.99. The Morgan fingerprint density at radius 3 is 2.79 bits per heavy atom. The third kappa shape index (κ3) is 2.08. The van der Waals surface area contributed by atoms with Crippen molar-refractivity contribution < 1.29 is 0 Å². The SMILES string of the molecule is CC1=CNCC(N2CCC(C)CC2)=N1. The van der Waals surface area contributed by atoms with Gasteiger partial charge in [0.2, 0.25) is 0 Å². The summed E-state index contributed by atoms with van der Waals surface area (Å²) >= 11 is 0. The van der Waals surface area contributed by atoms with Crippen molar-refractivity contribution in [2.24, 2.45) is 10.9 Å². The van der Waals surface area contributed by atoms with E-state index in [1.807, 2.05) is 13.1 Å². The fourth-order valence-electron chi connectivity index (χ4n) is 2.01. The van der Waals surface area contributed by atoms with Crippen molar-refractivity contribution in [1.29, 1.82) is 0 Å². The number of hydrogen-bond acceptors (Lipinski definition) is 3. The molecule has 3 heteroatoms. The molecule has 14 heavy (non-hydrogen) atoms. The number of piperidine rings is 1. The molecule has 0 saturated carbocycles. The van der Waals surface area contributed by atoms with E-state index in [9.17, 15) is 0 Å². The largest absolute Gasteiger partial charge is 0.382 e. The molecule has 0 atom stereocenters. The topological polar surface area (TPSA) is 27.6 Å². The molecule has 2 aliphatic heterocycles. The second kappa shape index (κ2) is 4.03. The standard InChI is InChI=1S/C11H19N3/c1-9-3-5-14(6-4-9)11-8-12-7-10(2)13-11/h7,9,12H,3-6,8H2,1-2H3. The average Bonchev–Trinajstić information content (AvgIpc) is 2.19. The fraction of sp³-hybridized carbons (Fsp3) is 0.727. The van der Waals surface area contributed by atoms with Crippen LogP contribution in [0.4, 0.5) is 0 Å². The Morgan fingerprint density at radius 1 is 1.43 bits per heavy atom. The molecule has 0 bridgehead atoms. The van der Waals surface area contributed by atoms with Gasteiger partial charge in [0.05, 0.1) is 12.2 Å². The van der Waals surface area contributed by atoms with Crippen LogP contribution in [-0.2, 0) is 0 Å². The smallest absolute Gasteiger partial charge is 0.124 e. The molecule has 0 radical (unpaired) electrons. The summed E-state index contributed by atoms with van der Waals surface area (Å²) in [6.45, 7) is 7.62. The van der Waals surface area contributed by atoms with Gasteiger partial charge < -0.3 is 10.2 Å². The highest BCUT2D eigenvalue weighted by atomic mass is 15.2. The molecule has 2 aliphatic rings. The number of amidine groups is 1. The minimum absolute atomic E-state index is 0.889. The molecule has 0 aromatic heterocycles. The minimum atomic E-state index is 0.889. The van der Waals surface area contributed by atoms with Crippen molar-refractivity contribution in [3.63, 3.8) is 0 Å². The quantitative estimate of drug-likeness (QED) is 0.632. The Hall–Kier alpha value is -0.990. The molecule has 0 aliphatic carbocycles. The van der Waals surface area contributed by atoms with Crippen LogP contribution in [0.3, 0.4) is 0 Å². The van der Waals surface area contributed by atoms with E-state index >= 15 is 0 Å². The van der Waals surface area contributed by atoms with Crippen LogP contribution < -0.4 is 5.32 Å². The van der Waals surface area contributed by atoms with Gasteiger partial charge in [0.1, 0.15) is 5.84 Å². The van der Waals surface area contributed by atoms with Gasteiger partial charge in [-0.2, -0.15) is 0 Å². The monoisotopic (exact) mass is 193 g/mol. The maximum absolute atomic E-state index is 4.57. The second-order valence-corrected chi connectivity index (χ2v) is 4.36. The molecule has 2 heterocycles. The number of nitrogens with one attached hydrogen (secondary N) is 1. The van der Waals surface area contributed by atoms with E-state index in [-0.39, 0.29) is 0 Å². The van der Waals surface area contributed by atoms with Crippen molar-refractivity contribution in [3.05, 3.63) is 11.9 Å². The molecule has 1 saturated heterocycles. The maximum Gasteiger partial charge on any atom is 0.124 e. The molecule has 1 fully saturated rings. The van der Waals surface area contributed by atoms with Crippen LogP contribution in [0.2, 0.25) is 0 Å². The Kier molecular flexibility index (Phi) is 2.75. The summed E-state index contributed by atoms with van der Waals surface area (Å²) in [6.07, 6.45) is 4.60. The fourth-order valence-corrected chi connectivity index (χ4v) is 2.01. The zero-order valence-electron chi connectivity index (χ0n) is 9.08. The Labute approximate surface area is 85.9 Å². The Morgan fingerprint density at radius 2 is 2.14 bits per heavy atom. The lowest BCUT2D eigenvalue weighted by atomic mass is 9.99. The highest BCUT2D eigenvalue weighted by Crippen LogP contribution is 2.17. The van der Waals surface area contributed by atoms with Gasteiger partial charge in [-0.25, -0.2) is 4.99 Å². The zero-order valence-corrected chi connectivity index (χ0v) is 9.08. The summed E-state index contributed by atoms with van der Waals surface area (Å²) in [6, 6.07) is 0. The predicted octanol–water partition coefficient (Wildman–Crippen LogP) is 1.58. The average molecular weight is 193 g/mol. The van der Waals surface area contributed by atoms with Crippen LogP contribution in [0, 0.1) is 5.92 Å². The molecule has 0 unspecified atom stereocenters. The summed E-state index contributed by atoms with van der Waals surface area (Å²) in [5.74, 6) is 2.11. The molecule has 2 rings (SSSR count). The van der Waals surface area contributed by atoms with Gasteiger partial charge in [-0.1, -0.05) is 6.92 Å². The van der Waals surface area contributed by atoms with E-state index in [1.165, 1.54) is 31.8 Å². The highest BCUT2D eigenvalue weighted by Gasteiger charge is 2.19. The van der Waals surface area contributed by atoms with E-state index in [1.54, 1.807) is 0 Å². The van der Waals surface area contributed by atoms with Crippen LogP contribution in [0.15, 0.2) is 16.9 Å². The molecule has 0 spiro atoms. The van der Waals surface area contributed by atoms with Gasteiger partial charge in [-0.3, -0.25) is 0 Å². The summed E-state index contributed by atoms with van der Waals surface area (Å²) in [5, 5.41) is 3.26. The van der Waals surface area contributed by atoms with E-state index in [0.29, 0.717) is 0 Å². The number of rotatable bonds is 0. The summed E-state index contributed by atoms with van der Waals surface area (Å²) in [5.41, 5.74) is 1.09. The minimum Gasteiger partial charge on any atom is -0.382 e. The third-order valence-corrected chi connectivity index (χ3v) is 3.03. The van der Waals surface area contributed by atoms with Gasteiger partial charge in [0.15, 0.2) is 0 Å². The first-order chi connectivity index (χ1) is 6.75. The number of hydrogen-bond donors (Lipinski definition) is 1. The molecule has 1 N–H and O–H groups in total. The van der Waals surface area contributed by atoms with Crippen molar-refractivity contribution in [2.75, 3.05) is 19.6 Å². The summed E-state index contributed by atoms with van der Waals surface area (Å²) in [7, 11) is 0. The van der Waals surface area contributed by atoms with Crippen LogP contribution in [0.1, 0.15) is 26.7 Å².